The molecule has 78 valence electrons. The summed E-state index contributed by atoms with van der Waals surface area (Å²) in [4.78, 5) is 0. The van der Waals surface area contributed by atoms with Gasteiger partial charge in [-0.2, -0.15) is 0 Å². The number of hydrogen-bond acceptors (Lipinski definition) is 0. The van der Waals surface area contributed by atoms with Crippen molar-refractivity contribution < 1.29 is 0 Å². The highest BCUT2D eigenvalue weighted by Crippen LogP contribution is 2.25. The molecule has 0 amide bonds. The molecule has 2 atom stereocenters. The molecule has 0 bridgehead atoms. The molecule has 2 unspecified atom stereocenters. The molecule has 0 saturated heterocycles. The third-order valence-electron chi connectivity index (χ3n) is 3.16. The summed E-state index contributed by atoms with van der Waals surface area (Å²) < 4.78 is 0. The lowest BCUT2D eigenvalue weighted by atomic mass is 9.76. The van der Waals surface area contributed by atoms with Gasteiger partial charge in [0.1, 0.15) is 7.85 Å². The lowest BCUT2D eigenvalue weighted by Gasteiger charge is -2.19. The van der Waals surface area contributed by atoms with E-state index in [0.29, 0.717) is 0 Å². The van der Waals surface area contributed by atoms with Crippen LogP contribution in [-0.2, 0) is 0 Å². The minimum absolute atomic E-state index is 0.881. The average Bonchev–Trinajstić information content (AvgIpc) is 2.11. The van der Waals surface area contributed by atoms with Gasteiger partial charge in [-0.25, -0.2) is 0 Å². The molecule has 13 heavy (non-hydrogen) atoms. The average molecular weight is 182 g/mol. The fraction of sp³-hybridized carbons (Fsp3) is 1.00. The van der Waals surface area contributed by atoms with E-state index in [4.69, 9.17) is 0 Å². The van der Waals surface area contributed by atoms with Crippen LogP contribution in [0.3, 0.4) is 0 Å². The Morgan fingerprint density at radius 1 is 1.00 bits per heavy atom. The maximum Gasteiger partial charge on any atom is 0.105 e. The molecule has 0 aromatic carbocycles. The van der Waals surface area contributed by atoms with E-state index in [9.17, 15) is 0 Å². The summed E-state index contributed by atoms with van der Waals surface area (Å²) in [6, 6.07) is 0. The maximum absolute atomic E-state index is 2.39. The second-order valence-electron chi connectivity index (χ2n) is 4.99. The molecule has 0 aromatic heterocycles. The monoisotopic (exact) mass is 182 g/mol. The van der Waals surface area contributed by atoms with E-state index in [0.717, 1.165) is 17.7 Å². The van der Waals surface area contributed by atoms with Crippen LogP contribution in [-0.4, -0.2) is 7.85 Å². The van der Waals surface area contributed by atoms with Gasteiger partial charge in [0.05, 0.1) is 0 Å². The molecule has 0 radical (unpaired) electrons. The van der Waals surface area contributed by atoms with Gasteiger partial charge in [0.15, 0.2) is 0 Å². The van der Waals surface area contributed by atoms with Gasteiger partial charge >= 0.3 is 0 Å². The molecule has 0 nitrogen and oxygen atoms in total. The van der Waals surface area contributed by atoms with Crippen LogP contribution in [0.4, 0.5) is 0 Å². The van der Waals surface area contributed by atoms with Crippen LogP contribution in [0.1, 0.15) is 59.8 Å². The van der Waals surface area contributed by atoms with Gasteiger partial charge < -0.3 is 0 Å². The van der Waals surface area contributed by atoms with Crippen molar-refractivity contribution in [2.24, 2.45) is 11.8 Å². The van der Waals surface area contributed by atoms with E-state index < -0.39 is 0 Å². The van der Waals surface area contributed by atoms with Crippen molar-refractivity contribution in [3.05, 3.63) is 0 Å². The predicted octanol–water partition coefficient (Wildman–Crippen LogP) is 3.67. The van der Waals surface area contributed by atoms with Crippen molar-refractivity contribution >= 4 is 7.85 Å². The zero-order valence-electron chi connectivity index (χ0n) is 10.3. The summed E-state index contributed by atoms with van der Waals surface area (Å²) in [5.41, 5.74) is 0. The quantitative estimate of drug-likeness (QED) is 0.527. The largest absolute Gasteiger partial charge is 0.105 e. The van der Waals surface area contributed by atoms with Gasteiger partial charge in [-0.1, -0.05) is 65.6 Å². The Labute approximate surface area is 85.9 Å². The van der Waals surface area contributed by atoms with E-state index in [-0.39, 0.29) is 0 Å². The van der Waals surface area contributed by atoms with Crippen molar-refractivity contribution in [2.45, 2.75) is 65.6 Å². The van der Waals surface area contributed by atoms with E-state index in [1.165, 1.54) is 32.1 Å². The second-order valence-corrected chi connectivity index (χ2v) is 4.99. The fourth-order valence-corrected chi connectivity index (χ4v) is 1.79. The van der Waals surface area contributed by atoms with Crippen molar-refractivity contribution in [1.29, 1.82) is 0 Å². The Hall–Kier alpha value is 0.0649. The summed E-state index contributed by atoms with van der Waals surface area (Å²) in [6.45, 7) is 9.30. The van der Waals surface area contributed by atoms with E-state index >= 15 is 0 Å². The van der Waals surface area contributed by atoms with Gasteiger partial charge in [0.25, 0.3) is 0 Å². The zero-order chi connectivity index (χ0) is 10.3. The molecule has 0 heterocycles. The summed E-state index contributed by atoms with van der Waals surface area (Å²) in [6.07, 6.45) is 7.02. The van der Waals surface area contributed by atoms with Crippen molar-refractivity contribution in [1.82, 2.24) is 0 Å². The Balaban J connectivity index is 3.62. The third-order valence-corrected chi connectivity index (χ3v) is 3.16. The normalized spacial score (nSPS) is 16.1. The second kappa shape index (κ2) is 7.47. The van der Waals surface area contributed by atoms with E-state index in [1.54, 1.807) is 0 Å². The topological polar surface area (TPSA) is 0 Å². The Morgan fingerprint density at radius 3 is 2.00 bits per heavy atom. The number of hydrogen-bond donors (Lipinski definition) is 0. The van der Waals surface area contributed by atoms with Gasteiger partial charge in [0, 0.05) is 0 Å². The molecule has 0 spiro atoms. The first-order valence-corrected chi connectivity index (χ1v) is 6.10. The first kappa shape index (κ1) is 13.1. The summed E-state index contributed by atoms with van der Waals surface area (Å²) in [5.74, 6) is 2.79. The molecule has 0 N–H and O–H groups in total. The lowest BCUT2D eigenvalue weighted by Crippen LogP contribution is -2.05. The van der Waals surface area contributed by atoms with Crippen LogP contribution in [0.15, 0.2) is 0 Å². The molecular formula is C12H27B. The number of rotatable bonds is 7. The molecule has 0 fully saturated rings. The molecule has 1 heteroatoms. The van der Waals surface area contributed by atoms with Crippen LogP contribution >= 0.6 is 0 Å². The van der Waals surface area contributed by atoms with Crippen LogP contribution in [0, 0.1) is 11.8 Å². The van der Waals surface area contributed by atoms with Crippen LogP contribution < -0.4 is 0 Å². The SMILES string of the molecule is BC(CC)CC(CC)CCC(C)C. The van der Waals surface area contributed by atoms with E-state index in [2.05, 4.69) is 35.5 Å². The van der Waals surface area contributed by atoms with Crippen LogP contribution in [0.5, 0.6) is 0 Å². The van der Waals surface area contributed by atoms with E-state index in [1.807, 2.05) is 0 Å². The van der Waals surface area contributed by atoms with Crippen molar-refractivity contribution in [3.63, 3.8) is 0 Å². The molecular weight excluding hydrogens is 155 g/mol. The van der Waals surface area contributed by atoms with Gasteiger partial charge in [-0.05, 0) is 11.8 Å². The Morgan fingerprint density at radius 2 is 1.62 bits per heavy atom. The molecule has 0 aliphatic heterocycles. The van der Waals surface area contributed by atoms with Crippen molar-refractivity contribution in [3.8, 4) is 0 Å². The first-order chi connectivity index (χ1) is 6.10. The highest BCUT2D eigenvalue weighted by molar-refractivity contribution is 6.11. The molecule has 0 rings (SSSR count). The van der Waals surface area contributed by atoms with Gasteiger partial charge in [-0.3, -0.25) is 0 Å². The minimum Gasteiger partial charge on any atom is -0.0697 e. The maximum atomic E-state index is 2.39. The molecule has 0 saturated carbocycles. The standard InChI is InChI=1S/C12H27B/c1-5-11(8-7-10(3)4)9-12(13)6-2/h10-12H,5-9,13H2,1-4H3. The highest BCUT2D eigenvalue weighted by atomic mass is 14.1. The Bertz CT molecular complexity index is 110. The summed E-state index contributed by atoms with van der Waals surface area (Å²) in [5, 5.41) is 0. The predicted molar refractivity (Wildman–Crippen MR) is 65.1 cm³/mol. The van der Waals surface area contributed by atoms with Gasteiger partial charge in [-0.15, -0.1) is 0 Å². The zero-order valence-corrected chi connectivity index (χ0v) is 10.3. The molecule has 0 aliphatic rings. The minimum atomic E-state index is 0.881. The molecule has 0 aromatic rings. The van der Waals surface area contributed by atoms with Crippen LogP contribution in [0.25, 0.3) is 0 Å². The van der Waals surface area contributed by atoms with Crippen molar-refractivity contribution in [2.75, 3.05) is 0 Å². The fourth-order valence-electron chi connectivity index (χ4n) is 1.79. The highest BCUT2D eigenvalue weighted by Gasteiger charge is 2.10. The molecule has 0 aliphatic carbocycles. The Kier molecular flexibility index (Phi) is 7.50. The summed E-state index contributed by atoms with van der Waals surface area (Å²) in [7, 11) is 2.39. The lowest BCUT2D eigenvalue weighted by molar-refractivity contribution is 0.381. The third kappa shape index (κ3) is 7.16. The first-order valence-electron chi connectivity index (χ1n) is 6.10. The smallest absolute Gasteiger partial charge is 0.0697 e. The van der Waals surface area contributed by atoms with Crippen LogP contribution in [0.2, 0.25) is 5.82 Å². The summed E-state index contributed by atoms with van der Waals surface area (Å²) >= 11 is 0. The van der Waals surface area contributed by atoms with Gasteiger partial charge in [0.2, 0.25) is 0 Å².